The maximum atomic E-state index is 12.0. The van der Waals surface area contributed by atoms with E-state index in [4.69, 9.17) is 10.8 Å². The highest BCUT2D eigenvalue weighted by molar-refractivity contribution is 5.93. The summed E-state index contributed by atoms with van der Waals surface area (Å²) in [5, 5.41) is 13.4. The van der Waals surface area contributed by atoms with E-state index in [1.807, 2.05) is 0 Å². The van der Waals surface area contributed by atoms with E-state index < -0.39 is 42.2 Å². The van der Waals surface area contributed by atoms with E-state index in [1.165, 1.54) is 6.92 Å². The Balaban J connectivity index is 2.70. The quantitative estimate of drug-likeness (QED) is 0.495. The molecular weight excluding hydrogens is 302 g/mol. The third-order valence-corrected chi connectivity index (χ3v) is 2.99. The minimum Gasteiger partial charge on any atom is -0.480 e. The summed E-state index contributed by atoms with van der Waals surface area (Å²) in [4.78, 5) is 45.8. The van der Waals surface area contributed by atoms with Crippen molar-refractivity contribution in [3.63, 3.8) is 0 Å². The maximum Gasteiger partial charge on any atom is 0.325 e. The number of hydrogen-bond donors (Lipinski definition) is 4. The zero-order valence-corrected chi connectivity index (χ0v) is 12.6. The SMILES string of the molecule is CC(NC(=O)C(CC(N)=O)NC(=O)Cc1ccccc1)C(=O)O. The smallest absolute Gasteiger partial charge is 0.325 e. The molecule has 0 saturated heterocycles. The normalized spacial score (nSPS) is 12.7. The van der Waals surface area contributed by atoms with Crippen molar-refractivity contribution in [2.75, 3.05) is 0 Å². The average Bonchev–Trinajstić information content (AvgIpc) is 2.46. The number of carbonyl (C=O) groups excluding carboxylic acids is 3. The lowest BCUT2D eigenvalue weighted by Crippen LogP contribution is -2.52. The van der Waals surface area contributed by atoms with Gasteiger partial charge >= 0.3 is 5.97 Å². The molecule has 0 fully saturated rings. The molecule has 0 aliphatic rings. The summed E-state index contributed by atoms with van der Waals surface area (Å²) >= 11 is 0. The van der Waals surface area contributed by atoms with Crippen LogP contribution in [-0.4, -0.2) is 40.9 Å². The van der Waals surface area contributed by atoms with Crippen LogP contribution in [0.3, 0.4) is 0 Å². The zero-order chi connectivity index (χ0) is 17.4. The van der Waals surface area contributed by atoms with E-state index >= 15 is 0 Å². The molecule has 2 unspecified atom stereocenters. The number of benzene rings is 1. The summed E-state index contributed by atoms with van der Waals surface area (Å²) < 4.78 is 0. The van der Waals surface area contributed by atoms with E-state index in [-0.39, 0.29) is 6.42 Å². The number of nitrogens with two attached hydrogens (primary N) is 1. The number of carboxylic acid groups (broad SMARTS) is 1. The number of amides is 3. The monoisotopic (exact) mass is 321 g/mol. The molecular formula is C15H19N3O5. The predicted octanol–water partition coefficient (Wildman–Crippen LogP) is -0.821. The van der Waals surface area contributed by atoms with Crippen molar-refractivity contribution in [1.29, 1.82) is 0 Å². The Morgan fingerprint density at radius 3 is 2.26 bits per heavy atom. The second kappa shape index (κ2) is 8.52. The van der Waals surface area contributed by atoms with Crippen LogP contribution >= 0.6 is 0 Å². The summed E-state index contributed by atoms with van der Waals surface area (Å²) in [6.07, 6.45) is -0.392. The van der Waals surface area contributed by atoms with Crippen LogP contribution in [0, 0.1) is 0 Å². The number of primary amides is 1. The molecule has 3 amide bonds. The zero-order valence-electron chi connectivity index (χ0n) is 12.6. The fourth-order valence-electron chi connectivity index (χ4n) is 1.81. The molecule has 0 spiro atoms. The highest BCUT2D eigenvalue weighted by Gasteiger charge is 2.25. The van der Waals surface area contributed by atoms with Crippen molar-refractivity contribution in [1.82, 2.24) is 10.6 Å². The van der Waals surface area contributed by atoms with Gasteiger partial charge in [-0.05, 0) is 12.5 Å². The average molecular weight is 321 g/mol. The third kappa shape index (κ3) is 6.60. The number of rotatable bonds is 8. The Morgan fingerprint density at radius 2 is 1.74 bits per heavy atom. The van der Waals surface area contributed by atoms with Crippen LogP contribution in [0.2, 0.25) is 0 Å². The summed E-state index contributed by atoms with van der Waals surface area (Å²) in [6.45, 7) is 1.27. The van der Waals surface area contributed by atoms with Crippen molar-refractivity contribution >= 4 is 23.7 Å². The van der Waals surface area contributed by atoms with Gasteiger partial charge in [0.05, 0.1) is 12.8 Å². The molecule has 0 aliphatic heterocycles. The molecule has 8 nitrogen and oxygen atoms in total. The maximum absolute atomic E-state index is 12.0. The van der Waals surface area contributed by atoms with Crippen molar-refractivity contribution in [3.05, 3.63) is 35.9 Å². The predicted molar refractivity (Wildman–Crippen MR) is 81.1 cm³/mol. The topological polar surface area (TPSA) is 139 Å². The van der Waals surface area contributed by atoms with Gasteiger partial charge in [0.1, 0.15) is 12.1 Å². The third-order valence-electron chi connectivity index (χ3n) is 2.99. The standard InChI is InChI=1S/C15H19N3O5/c1-9(15(22)23)17-14(21)11(8-12(16)19)18-13(20)7-10-5-3-2-4-6-10/h2-6,9,11H,7-8H2,1H3,(H2,16,19)(H,17,21)(H,18,20)(H,22,23). The van der Waals surface area contributed by atoms with Gasteiger partial charge in [-0.25, -0.2) is 0 Å². The molecule has 2 atom stereocenters. The lowest BCUT2D eigenvalue weighted by molar-refractivity contribution is -0.141. The van der Waals surface area contributed by atoms with Gasteiger partial charge in [0.25, 0.3) is 0 Å². The van der Waals surface area contributed by atoms with Gasteiger partial charge in [-0.15, -0.1) is 0 Å². The lowest BCUT2D eigenvalue weighted by Gasteiger charge is -2.18. The molecule has 1 aromatic rings. The number of carboxylic acids is 1. The van der Waals surface area contributed by atoms with Gasteiger partial charge in [-0.2, -0.15) is 0 Å². The Bertz CT molecular complexity index is 588. The van der Waals surface area contributed by atoms with Gasteiger partial charge in [0.15, 0.2) is 0 Å². The molecule has 23 heavy (non-hydrogen) atoms. The number of carbonyl (C=O) groups is 4. The summed E-state index contributed by atoms with van der Waals surface area (Å²) in [7, 11) is 0. The molecule has 1 rings (SSSR count). The van der Waals surface area contributed by atoms with E-state index in [0.717, 1.165) is 5.56 Å². The van der Waals surface area contributed by atoms with Crippen LogP contribution in [0.4, 0.5) is 0 Å². The molecule has 0 aromatic heterocycles. The lowest BCUT2D eigenvalue weighted by atomic mass is 10.1. The second-order valence-corrected chi connectivity index (χ2v) is 5.02. The molecule has 8 heteroatoms. The molecule has 0 saturated carbocycles. The van der Waals surface area contributed by atoms with Gasteiger partial charge < -0.3 is 21.5 Å². The number of hydrogen-bond acceptors (Lipinski definition) is 4. The molecule has 5 N–H and O–H groups in total. The first-order valence-corrected chi connectivity index (χ1v) is 6.94. The van der Waals surface area contributed by atoms with E-state index in [2.05, 4.69) is 10.6 Å². The molecule has 0 aliphatic carbocycles. The van der Waals surface area contributed by atoms with Crippen LogP contribution < -0.4 is 16.4 Å². The fourth-order valence-corrected chi connectivity index (χ4v) is 1.81. The van der Waals surface area contributed by atoms with E-state index in [1.54, 1.807) is 30.3 Å². The van der Waals surface area contributed by atoms with Crippen LogP contribution in [0.1, 0.15) is 18.9 Å². The van der Waals surface area contributed by atoms with Gasteiger partial charge in [-0.1, -0.05) is 30.3 Å². The molecule has 0 bridgehead atoms. The Labute approximate surface area is 133 Å². The Morgan fingerprint density at radius 1 is 1.13 bits per heavy atom. The van der Waals surface area contributed by atoms with Gasteiger partial charge in [-0.3, -0.25) is 19.2 Å². The molecule has 0 heterocycles. The van der Waals surface area contributed by atoms with Gasteiger partial charge in [0, 0.05) is 0 Å². The minimum absolute atomic E-state index is 0.0257. The molecule has 124 valence electrons. The first-order chi connectivity index (χ1) is 10.8. The van der Waals surface area contributed by atoms with Crippen LogP contribution in [0.25, 0.3) is 0 Å². The van der Waals surface area contributed by atoms with E-state index in [0.29, 0.717) is 0 Å². The van der Waals surface area contributed by atoms with Crippen molar-refractivity contribution in [3.8, 4) is 0 Å². The van der Waals surface area contributed by atoms with Crippen molar-refractivity contribution in [2.24, 2.45) is 5.73 Å². The molecule has 0 radical (unpaired) electrons. The second-order valence-electron chi connectivity index (χ2n) is 5.02. The minimum atomic E-state index is -1.23. The van der Waals surface area contributed by atoms with Crippen LogP contribution in [0.15, 0.2) is 30.3 Å². The number of nitrogens with one attached hydrogen (secondary N) is 2. The van der Waals surface area contributed by atoms with Crippen LogP contribution in [0.5, 0.6) is 0 Å². The van der Waals surface area contributed by atoms with Gasteiger partial charge in [0.2, 0.25) is 17.7 Å². The van der Waals surface area contributed by atoms with Crippen molar-refractivity contribution < 1.29 is 24.3 Å². The highest BCUT2D eigenvalue weighted by Crippen LogP contribution is 2.01. The summed E-state index contributed by atoms with van der Waals surface area (Å²) in [5.74, 6) is -3.26. The summed E-state index contributed by atoms with van der Waals surface area (Å²) in [6, 6.07) is 6.47. The van der Waals surface area contributed by atoms with E-state index in [9.17, 15) is 19.2 Å². The van der Waals surface area contributed by atoms with Crippen molar-refractivity contribution in [2.45, 2.75) is 31.8 Å². The first-order valence-electron chi connectivity index (χ1n) is 6.94. The van der Waals surface area contributed by atoms with Crippen LogP contribution in [-0.2, 0) is 25.6 Å². The fraction of sp³-hybridized carbons (Fsp3) is 0.333. The number of aliphatic carboxylic acids is 1. The first kappa shape index (κ1) is 18.1. The highest BCUT2D eigenvalue weighted by atomic mass is 16.4. The Hall–Kier alpha value is -2.90. The Kier molecular flexibility index (Phi) is 6.72. The largest absolute Gasteiger partial charge is 0.480 e. The molecule has 1 aromatic carbocycles. The summed E-state index contributed by atoms with van der Waals surface area (Å²) in [5.41, 5.74) is 5.80.